The number of fused-ring (bicyclic) bond motifs is 5. The van der Waals surface area contributed by atoms with Crippen molar-refractivity contribution < 1.29 is 37.8 Å². The number of benzene rings is 5. The molecule has 552 valence electrons. The van der Waals surface area contributed by atoms with Crippen LogP contribution in [0.15, 0.2) is 91.0 Å². The first kappa shape index (κ1) is 67.3. The molecule has 15 aliphatic rings. The molecule has 15 atom stereocenters. The molecule has 11 nitrogen and oxygen atoms in total. The number of phenols is 1. The number of likely N-dealkylation sites (tertiary alicyclic amines) is 4. The quantitative estimate of drug-likeness (QED) is 0.180. The van der Waals surface area contributed by atoms with E-state index < -0.39 is 14.1 Å². The number of phenolic OH excluding ortho intramolecular Hbond substituents is 1. The van der Waals surface area contributed by atoms with E-state index in [9.17, 15) is 5.11 Å². The highest BCUT2D eigenvalue weighted by molar-refractivity contribution is 8.93. The largest absolute Gasteiger partial charge is 0.508 e. The predicted molar refractivity (Wildman–Crippen MR) is 419 cm³/mol. The number of hydrogen-bond donors (Lipinski definition) is 2. The van der Waals surface area contributed by atoms with E-state index in [0.717, 1.165) is 73.3 Å². The lowest BCUT2D eigenvalue weighted by atomic mass is 9.52. The summed E-state index contributed by atoms with van der Waals surface area (Å²) in [5.74, 6) is 7.50. The fourth-order valence-electron chi connectivity index (χ4n) is 26.0. The van der Waals surface area contributed by atoms with E-state index in [1.165, 1.54) is 233 Å². The van der Waals surface area contributed by atoms with Gasteiger partial charge in [0.15, 0.2) is 0 Å². The summed E-state index contributed by atoms with van der Waals surface area (Å²) in [7, 11) is 7.99. The lowest BCUT2D eigenvalue weighted by Crippen LogP contribution is -2.59. The third kappa shape index (κ3) is 12.8. The molecule has 5 aromatic rings. The number of nitrogens with zero attached hydrogens (tertiary/aromatic N) is 4. The van der Waals surface area contributed by atoms with Crippen molar-refractivity contribution in [3.8, 4) is 28.7 Å². The molecule has 5 aliphatic heterocycles. The van der Waals surface area contributed by atoms with Gasteiger partial charge in [0, 0.05) is 57.3 Å². The number of nitrogens with one attached hydrogen (secondary N) is 1. The maximum atomic E-state index is 9.91. The Labute approximate surface area is 632 Å². The van der Waals surface area contributed by atoms with E-state index >= 15 is 0 Å². The van der Waals surface area contributed by atoms with Gasteiger partial charge in [-0.15, -0.1) is 29.4 Å². The van der Waals surface area contributed by atoms with Crippen LogP contribution >= 0.6 is 29.4 Å². The number of methoxy groups -OCH3 is 4. The molecular formula is C88H125BrClN5O6. The molecule has 0 aromatic heterocycles. The second-order valence-electron chi connectivity index (χ2n) is 34.3. The highest BCUT2D eigenvalue weighted by Crippen LogP contribution is 2.61. The van der Waals surface area contributed by atoms with Crippen molar-refractivity contribution in [2.75, 3.05) is 89.2 Å². The van der Waals surface area contributed by atoms with Crippen LogP contribution in [0.3, 0.4) is 0 Å². The Kier molecular flexibility index (Phi) is 20.3. The summed E-state index contributed by atoms with van der Waals surface area (Å²) in [6.45, 7) is 5.96. The van der Waals surface area contributed by atoms with E-state index in [-0.39, 0.29) is 45.7 Å². The number of ether oxygens (including phenoxy) is 4. The van der Waals surface area contributed by atoms with E-state index in [1.54, 1.807) is 36.5 Å². The smallest absolute Gasteiger partial charge is 0.119 e. The van der Waals surface area contributed by atoms with Crippen LogP contribution in [0.5, 0.6) is 28.7 Å². The summed E-state index contributed by atoms with van der Waals surface area (Å²) in [5, 5.41) is 13.7. The fraction of sp³-hybridized carbons (Fsp3) is 0.659. The molecule has 0 amide bonds. The lowest BCUT2D eigenvalue weighted by Gasteiger charge is -2.58. The highest BCUT2D eigenvalue weighted by Gasteiger charge is 2.58. The summed E-state index contributed by atoms with van der Waals surface area (Å²) in [6, 6.07) is 35.2. The molecule has 5 saturated carbocycles. The highest BCUT2D eigenvalue weighted by atomic mass is 79.9. The van der Waals surface area contributed by atoms with Gasteiger partial charge in [-0.2, -0.15) is 0 Å². The molecule has 5 heterocycles. The Balaban J connectivity index is 0.000000118. The molecule has 101 heavy (non-hydrogen) atoms. The molecule has 13 heteroatoms. The Morgan fingerprint density at radius 2 is 0.663 bits per heavy atom. The van der Waals surface area contributed by atoms with Crippen molar-refractivity contribution >= 4 is 29.4 Å². The molecule has 10 bridgehead atoms. The first-order valence-electron chi connectivity index (χ1n) is 42.4. The van der Waals surface area contributed by atoms with Crippen LogP contribution in [0.4, 0.5) is 0 Å². The molecule has 20 rings (SSSR count). The van der Waals surface area contributed by atoms with Crippen molar-refractivity contribution in [1.29, 1.82) is 0 Å². The van der Waals surface area contributed by atoms with Crippen LogP contribution < -0.4 is 24.3 Å². The minimum Gasteiger partial charge on any atom is -0.508 e. The SMILES string of the molecule is Br.CN1CC[C@@]23CCCC[C@@H]2[C@@H]1Cc1ccc(O)cc13.COc1ccc2c(c1)[C@]13CCCC[C@@H]1[C@H](C2)N(C)CC3.COc1ccc2c(c1)[C@]13CCCC[C@@H]1[C@H](C2)NCC3.Cl.O.[2H]C([2H])([2H])Oc1ccc2c(c1)[C@]13CCCC[C@@H]1[C@H](C2)N(C)CC3.[2H]C([2H])([2H])Oc1ccc2c(c1)[C@]13CCCC[C@@H]1[C@H](C2)N(C)CC3. The predicted octanol–water partition coefficient (Wildman–Crippen LogP) is 16.4. The van der Waals surface area contributed by atoms with Gasteiger partial charge in [-0.25, -0.2) is 0 Å². The lowest BCUT2D eigenvalue weighted by molar-refractivity contribution is 0.00272. The Bertz CT molecular complexity index is 3830. The van der Waals surface area contributed by atoms with Crippen molar-refractivity contribution in [3.63, 3.8) is 0 Å². The maximum Gasteiger partial charge on any atom is 0.119 e. The van der Waals surface area contributed by atoms with E-state index in [2.05, 4.69) is 114 Å². The van der Waals surface area contributed by atoms with E-state index in [4.69, 9.17) is 27.2 Å². The molecular weight excluding hydrogens is 1340 g/mol. The third-order valence-electron chi connectivity index (χ3n) is 30.7. The van der Waals surface area contributed by atoms with Gasteiger partial charge >= 0.3 is 0 Å². The second kappa shape index (κ2) is 30.5. The molecule has 0 spiro atoms. The van der Waals surface area contributed by atoms with E-state index in [1.807, 2.05) is 30.3 Å². The molecule has 10 fully saturated rings. The van der Waals surface area contributed by atoms with Gasteiger partial charge in [0.1, 0.15) is 28.7 Å². The number of piperidine rings is 5. The summed E-state index contributed by atoms with van der Waals surface area (Å²) in [6.07, 6.45) is 39.2. The van der Waals surface area contributed by atoms with Crippen LogP contribution in [-0.4, -0.2) is 150 Å². The fourth-order valence-corrected chi connectivity index (χ4v) is 26.0. The second-order valence-corrected chi connectivity index (χ2v) is 34.3. The number of rotatable bonds is 4. The topological polar surface area (TPSA) is 114 Å². The van der Waals surface area contributed by atoms with E-state index in [0.29, 0.717) is 57.4 Å². The standard InChI is InChI=1S/3C18H25NO.2C17H23NO.BrH.ClH.H2O/c3*1-19-10-9-18-8-4-3-5-15(18)17(19)11-13-6-7-14(20-2)12-16(13)18;1-19-13-6-5-12-10-16-14-4-2-3-7-17(14,8-9-18-16)15(12)11-13;1-18-9-8-17-7-3-2-4-14(17)16(18)10-12-5-6-13(19)11-15(12)17;;;/h3*6-7,12,15,17H,3-5,8-11H2,1-2H3;5-6,11,14,16,18H,2-4,7-10H2,1H3;5-6,11,14,16,19H,2-4,7-10H2,1H3;2*1H;1H2/t3*15-,17+,18+;2*14-,16+,17+;;;/m11111.../s1/i2*2D3;;;;;;. The molecule has 5 saturated heterocycles. The first-order valence-corrected chi connectivity index (χ1v) is 39.4. The van der Waals surface area contributed by atoms with Crippen LogP contribution in [-0.2, 0) is 59.2 Å². The van der Waals surface area contributed by atoms with Gasteiger partial charge in [0.05, 0.1) is 36.5 Å². The molecule has 4 N–H and O–H groups in total. The van der Waals surface area contributed by atoms with Gasteiger partial charge in [0.25, 0.3) is 0 Å². The Morgan fingerprint density at radius 3 is 0.990 bits per heavy atom. The van der Waals surface area contributed by atoms with Crippen molar-refractivity contribution in [1.82, 2.24) is 24.9 Å². The summed E-state index contributed by atoms with van der Waals surface area (Å²) in [5.41, 5.74) is 16.7. The van der Waals surface area contributed by atoms with Crippen LogP contribution in [0, 0.1) is 29.6 Å². The monoisotopic (exact) mass is 1470 g/mol. The van der Waals surface area contributed by atoms with Gasteiger partial charge < -0.3 is 54.4 Å². The maximum absolute atomic E-state index is 9.91. The molecule has 5 aromatic carbocycles. The average molecular weight is 1470 g/mol. The molecule has 0 unspecified atom stereocenters. The minimum absolute atomic E-state index is 0. The molecule has 10 aliphatic carbocycles. The zero-order valence-corrected chi connectivity index (χ0v) is 64.4. The third-order valence-corrected chi connectivity index (χ3v) is 30.7. The van der Waals surface area contributed by atoms with Crippen LogP contribution in [0.25, 0.3) is 0 Å². The number of halogens is 2. The van der Waals surface area contributed by atoms with Crippen molar-refractivity contribution in [3.05, 3.63) is 147 Å². The normalized spacial score (nSPS) is 36.5. The van der Waals surface area contributed by atoms with Gasteiger partial charge in [-0.1, -0.05) is 94.5 Å². The van der Waals surface area contributed by atoms with Gasteiger partial charge in [0.2, 0.25) is 0 Å². The van der Waals surface area contributed by atoms with Crippen LogP contribution in [0.1, 0.15) is 224 Å². The zero-order valence-electron chi connectivity index (χ0n) is 67.9. The number of hydrogen-bond acceptors (Lipinski definition) is 10. The summed E-state index contributed by atoms with van der Waals surface area (Å²) >= 11 is 0. The molecule has 0 radical (unpaired) electrons. The number of aromatic hydroxyl groups is 1. The van der Waals surface area contributed by atoms with Crippen molar-refractivity contribution in [2.24, 2.45) is 29.6 Å². The summed E-state index contributed by atoms with van der Waals surface area (Å²) in [4.78, 5) is 10.3. The average Bonchev–Trinajstić information content (AvgIpc) is 0.746. The van der Waals surface area contributed by atoms with Crippen LogP contribution in [0.2, 0.25) is 0 Å². The zero-order chi connectivity index (χ0) is 72.1. The first-order chi connectivity index (χ1) is 50.1. The Hall–Kier alpha value is -4.37. The Morgan fingerprint density at radius 1 is 0.376 bits per heavy atom. The van der Waals surface area contributed by atoms with Gasteiger partial charge in [-0.3, -0.25) is 0 Å². The minimum atomic E-state index is -2.37. The van der Waals surface area contributed by atoms with Crippen molar-refractivity contribution in [2.45, 2.75) is 250 Å². The number of likely N-dealkylation sites (N-methyl/N-ethyl adjacent to an activating group) is 4. The van der Waals surface area contributed by atoms with Gasteiger partial charge in [-0.05, 0) is 335 Å². The summed E-state index contributed by atoms with van der Waals surface area (Å²) < 4.78 is 65.5.